The van der Waals surface area contributed by atoms with Gasteiger partial charge in [-0.3, -0.25) is 0 Å². The Morgan fingerprint density at radius 2 is 1.69 bits per heavy atom. The molecule has 36 heavy (non-hydrogen) atoms. The Balaban J connectivity index is 0.000000454. The summed E-state index contributed by atoms with van der Waals surface area (Å²) < 4.78 is 59.9. The number of hydrogen-bond acceptors (Lipinski definition) is 3. The smallest absolute Gasteiger partial charge is 0.490 e. The first-order valence-electron chi connectivity index (χ1n) is 11.0. The Hall–Kier alpha value is -3.67. The molecule has 1 saturated heterocycles. The lowest BCUT2D eigenvalue weighted by Gasteiger charge is -2.35. The first-order chi connectivity index (χ1) is 16.9. The number of halogens is 5. The number of aromatic hydroxyl groups is 1. The molecule has 2 aromatic rings. The van der Waals surface area contributed by atoms with Crippen LogP contribution in [0.2, 0.25) is 0 Å². The second-order valence-corrected chi connectivity index (χ2v) is 8.51. The normalized spacial score (nSPS) is 18.4. The first kappa shape index (κ1) is 26.9. The highest BCUT2D eigenvalue weighted by molar-refractivity contribution is 5.82. The van der Waals surface area contributed by atoms with E-state index in [0.29, 0.717) is 18.7 Å². The van der Waals surface area contributed by atoms with Crippen molar-refractivity contribution < 1.29 is 46.7 Å². The number of urea groups is 1. The highest BCUT2D eigenvalue weighted by Crippen LogP contribution is 2.37. The van der Waals surface area contributed by atoms with Crippen molar-refractivity contribution in [3.05, 3.63) is 71.3 Å². The summed E-state index contributed by atoms with van der Waals surface area (Å²) in [5.41, 5.74) is 1.45. The highest BCUT2D eigenvalue weighted by Gasteiger charge is 2.38. The number of rotatable bonds is 2. The standard InChI is InChI=1S/C22H23F2N3O2.C2HF3O2/c1-25-7-9-26(10-8-25)22(29)27-14-16(19-13-17(23)5-6-20(19)24)12-21(27)15-3-2-4-18(28)11-15;3-2(4,5)1(6)7/h2-6,11-13,21,28H,7-10,14H2,1H3;(H,6,7)/p+1. The molecule has 0 saturated carbocycles. The molecule has 1 atom stereocenters. The number of aliphatic carboxylic acids is 1. The van der Waals surface area contributed by atoms with Crippen molar-refractivity contribution in [2.24, 2.45) is 0 Å². The van der Waals surface area contributed by atoms with E-state index in [1.54, 1.807) is 29.2 Å². The van der Waals surface area contributed by atoms with Gasteiger partial charge in [0.15, 0.2) is 0 Å². The number of likely N-dealkylation sites (N-methyl/N-ethyl adjacent to an activating group) is 1. The Kier molecular flexibility index (Phi) is 8.18. The molecule has 0 bridgehead atoms. The monoisotopic (exact) mass is 514 g/mol. The number of benzene rings is 2. The van der Waals surface area contributed by atoms with Crippen LogP contribution in [0.4, 0.5) is 26.7 Å². The molecule has 1 unspecified atom stereocenters. The van der Waals surface area contributed by atoms with E-state index in [1.807, 2.05) is 11.0 Å². The zero-order chi connectivity index (χ0) is 26.6. The van der Waals surface area contributed by atoms with Crippen molar-refractivity contribution in [2.45, 2.75) is 12.2 Å². The number of carboxylic acids is 1. The lowest BCUT2D eigenvalue weighted by atomic mass is 10.0. The third-order valence-corrected chi connectivity index (χ3v) is 5.90. The summed E-state index contributed by atoms with van der Waals surface area (Å²) in [6.45, 7) is 3.22. The number of nitrogens with zero attached hydrogens (tertiary/aromatic N) is 2. The number of quaternary nitrogens is 1. The summed E-state index contributed by atoms with van der Waals surface area (Å²) in [5.74, 6) is -3.71. The second kappa shape index (κ2) is 10.9. The minimum atomic E-state index is -5.08. The Morgan fingerprint density at radius 1 is 1.06 bits per heavy atom. The van der Waals surface area contributed by atoms with Gasteiger partial charge in [-0.2, -0.15) is 13.2 Å². The van der Waals surface area contributed by atoms with Crippen LogP contribution in [0.25, 0.3) is 5.57 Å². The van der Waals surface area contributed by atoms with E-state index in [4.69, 9.17) is 9.90 Å². The summed E-state index contributed by atoms with van der Waals surface area (Å²) in [4.78, 5) is 27.0. The minimum Gasteiger partial charge on any atom is -0.508 e. The van der Waals surface area contributed by atoms with Gasteiger partial charge in [0.2, 0.25) is 0 Å². The number of phenolic OH excluding ortho intramolecular Hbond substituents is 1. The number of amides is 2. The molecule has 0 spiro atoms. The lowest BCUT2D eigenvalue weighted by molar-refractivity contribution is -0.883. The number of carboxylic acid groups (broad SMARTS) is 1. The number of carbonyl (C=O) groups excluding carboxylic acids is 1. The molecule has 2 amide bonds. The number of hydrogen-bond donors (Lipinski definition) is 3. The third-order valence-electron chi connectivity index (χ3n) is 5.90. The van der Waals surface area contributed by atoms with E-state index >= 15 is 0 Å². The molecule has 2 aromatic carbocycles. The predicted octanol–water partition coefficient (Wildman–Crippen LogP) is 2.69. The van der Waals surface area contributed by atoms with Crippen LogP contribution in [0.15, 0.2) is 48.5 Å². The third kappa shape index (κ3) is 6.51. The highest BCUT2D eigenvalue weighted by atomic mass is 19.4. The van der Waals surface area contributed by atoms with E-state index in [0.717, 1.165) is 36.9 Å². The van der Waals surface area contributed by atoms with E-state index in [9.17, 15) is 31.9 Å². The van der Waals surface area contributed by atoms with Gasteiger partial charge in [0.25, 0.3) is 0 Å². The number of alkyl halides is 3. The first-order valence-corrected chi connectivity index (χ1v) is 11.0. The lowest BCUT2D eigenvalue weighted by Crippen LogP contribution is -3.12. The molecule has 0 aliphatic carbocycles. The molecular weight excluding hydrogens is 489 g/mol. The fraction of sp³-hybridized carbons (Fsp3) is 0.333. The number of carbonyl (C=O) groups is 2. The molecule has 3 N–H and O–H groups in total. The number of piperazine rings is 1. The van der Waals surface area contributed by atoms with Crippen molar-refractivity contribution in [3.63, 3.8) is 0 Å². The summed E-state index contributed by atoms with van der Waals surface area (Å²) in [7, 11) is 2.10. The molecule has 0 radical (unpaired) electrons. The fourth-order valence-corrected chi connectivity index (χ4v) is 3.97. The number of phenols is 1. The van der Waals surface area contributed by atoms with Crippen LogP contribution in [-0.4, -0.2) is 78.0 Å². The SMILES string of the molecule is C[NH+]1CCN(C(=O)N2CC(c3cc(F)ccc3F)=CC2c2cccc(O)c2)CC1.O=C(O)C(F)(F)F. The number of nitrogens with one attached hydrogen (secondary N) is 1. The van der Waals surface area contributed by atoms with Crippen molar-refractivity contribution >= 4 is 17.6 Å². The molecule has 7 nitrogen and oxygen atoms in total. The molecule has 1 fully saturated rings. The maximum Gasteiger partial charge on any atom is 0.490 e. The molecule has 2 heterocycles. The average Bonchev–Trinajstić information content (AvgIpc) is 3.26. The van der Waals surface area contributed by atoms with Crippen LogP contribution in [0.3, 0.4) is 0 Å². The van der Waals surface area contributed by atoms with Crippen molar-refractivity contribution in [1.29, 1.82) is 0 Å². The summed E-state index contributed by atoms with van der Waals surface area (Å²) >= 11 is 0. The molecule has 2 aliphatic rings. The second-order valence-electron chi connectivity index (χ2n) is 8.51. The molecule has 4 rings (SSSR count). The van der Waals surface area contributed by atoms with Crippen molar-refractivity contribution in [1.82, 2.24) is 9.80 Å². The van der Waals surface area contributed by atoms with Gasteiger partial charge < -0.3 is 24.9 Å². The van der Waals surface area contributed by atoms with Gasteiger partial charge in [-0.05, 0) is 41.5 Å². The molecule has 0 aromatic heterocycles. The van der Waals surface area contributed by atoms with Crippen LogP contribution < -0.4 is 4.90 Å². The van der Waals surface area contributed by atoms with Crippen molar-refractivity contribution in [2.75, 3.05) is 39.8 Å². The summed E-state index contributed by atoms with van der Waals surface area (Å²) in [6.07, 6.45) is -3.30. The van der Waals surface area contributed by atoms with Gasteiger partial charge in [0.05, 0.1) is 39.3 Å². The van der Waals surface area contributed by atoms with Gasteiger partial charge in [0.1, 0.15) is 17.4 Å². The van der Waals surface area contributed by atoms with E-state index < -0.39 is 29.8 Å². The van der Waals surface area contributed by atoms with E-state index in [2.05, 4.69) is 7.05 Å². The van der Waals surface area contributed by atoms with Crippen LogP contribution in [0, 0.1) is 11.6 Å². The molecule has 194 valence electrons. The van der Waals surface area contributed by atoms with Crippen LogP contribution in [-0.2, 0) is 4.79 Å². The maximum absolute atomic E-state index is 14.4. The summed E-state index contributed by atoms with van der Waals surface area (Å²) in [5, 5.41) is 17.0. The van der Waals surface area contributed by atoms with E-state index in [-0.39, 0.29) is 23.9 Å². The maximum atomic E-state index is 14.4. The molecule has 2 aliphatic heterocycles. The Labute approximate surface area is 203 Å². The Morgan fingerprint density at radius 3 is 2.28 bits per heavy atom. The zero-order valence-corrected chi connectivity index (χ0v) is 19.2. The zero-order valence-electron chi connectivity index (χ0n) is 19.2. The van der Waals surface area contributed by atoms with E-state index in [1.165, 1.54) is 4.90 Å². The minimum absolute atomic E-state index is 0.0943. The van der Waals surface area contributed by atoms with Gasteiger partial charge in [-0.25, -0.2) is 18.4 Å². The van der Waals surface area contributed by atoms with Crippen LogP contribution in [0.5, 0.6) is 5.75 Å². The average molecular weight is 514 g/mol. The van der Waals surface area contributed by atoms with Crippen molar-refractivity contribution in [3.8, 4) is 5.75 Å². The Bertz CT molecular complexity index is 1150. The van der Waals surface area contributed by atoms with Gasteiger partial charge in [0, 0.05) is 12.1 Å². The van der Waals surface area contributed by atoms with Crippen LogP contribution >= 0.6 is 0 Å². The van der Waals surface area contributed by atoms with Crippen LogP contribution in [0.1, 0.15) is 17.2 Å². The molecule has 12 heteroatoms. The van der Waals surface area contributed by atoms with Gasteiger partial charge in [-0.1, -0.05) is 18.2 Å². The van der Waals surface area contributed by atoms with Gasteiger partial charge in [-0.15, -0.1) is 0 Å². The predicted molar refractivity (Wildman–Crippen MR) is 119 cm³/mol. The molecular formula is C24H25F5N3O4+. The van der Waals surface area contributed by atoms with Gasteiger partial charge >= 0.3 is 18.2 Å². The fourth-order valence-electron chi connectivity index (χ4n) is 3.97. The summed E-state index contributed by atoms with van der Waals surface area (Å²) in [6, 6.07) is 9.44. The quantitative estimate of drug-likeness (QED) is 0.539. The topological polar surface area (TPSA) is 85.5 Å². The largest absolute Gasteiger partial charge is 0.508 e.